The molecule has 0 saturated carbocycles. The largest absolute Gasteiger partial charge is 0.373 e. The number of carbonyl (C=O) groups is 1. The van der Waals surface area contributed by atoms with Gasteiger partial charge in [0.15, 0.2) is 0 Å². The van der Waals surface area contributed by atoms with Gasteiger partial charge in [-0.15, -0.1) is 11.3 Å². The van der Waals surface area contributed by atoms with E-state index in [9.17, 15) is 14.0 Å². The molecule has 0 saturated heterocycles. The zero-order valence-electron chi connectivity index (χ0n) is 14.2. The number of pyridine rings is 1. The number of benzene rings is 1. The summed E-state index contributed by atoms with van der Waals surface area (Å²) in [5.74, 6) is -0.554. The van der Waals surface area contributed by atoms with Gasteiger partial charge in [-0.1, -0.05) is 11.6 Å². The molecule has 1 aliphatic heterocycles. The number of H-pyrrole nitrogens is 1. The third kappa shape index (κ3) is 3.20. The Bertz CT molecular complexity index is 1100. The Morgan fingerprint density at radius 3 is 3.04 bits per heavy atom. The molecule has 1 atom stereocenters. The SMILES string of the molecule is CN(C(=O)Nc1ccc(F)c(Cl)c1)[C@@H]1COCc2[nH]c(=O)c3ccsc3c21. The number of likely N-dealkylation sites (N-methyl/N-ethyl adjacent to an activating group) is 1. The maximum atomic E-state index is 13.3. The quantitative estimate of drug-likeness (QED) is 0.671. The fourth-order valence-corrected chi connectivity index (χ4v) is 4.35. The van der Waals surface area contributed by atoms with Gasteiger partial charge in [-0.2, -0.15) is 0 Å². The van der Waals surface area contributed by atoms with Gasteiger partial charge in [-0.25, -0.2) is 9.18 Å². The molecule has 2 N–H and O–H groups in total. The number of carbonyl (C=O) groups excluding carboxylic acids is 1. The van der Waals surface area contributed by atoms with Crippen LogP contribution in [-0.2, 0) is 11.3 Å². The van der Waals surface area contributed by atoms with Gasteiger partial charge in [-0.3, -0.25) is 4.79 Å². The molecule has 2 amide bonds. The monoisotopic (exact) mass is 407 g/mol. The highest BCUT2D eigenvalue weighted by Crippen LogP contribution is 2.35. The minimum Gasteiger partial charge on any atom is -0.373 e. The van der Waals surface area contributed by atoms with Crippen molar-refractivity contribution in [2.24, 2.45) is 0 Å². The predicted octanol–water partition coefficient (Wildman–Crippen LogP) is 4.12. The van der Waals surface area contributed by atoms with Crippen LogP contribution in [0.2, 0.25) is 5.02 Å². The Hall–Kier alpha value is -2.42. The van der Waals surface area contributed by atoms with Crippen molar-refractivity contribution in [3.05, 3.63) is 62.1 Å². The first kappa shape index (κ1) is 18.0. The van der Waals surface area contributed by atoms with Crippen molar-refractivity contribution in [2.45, 2.75) is 12.6 Å². The molecule has 2 aromatic heterocycles. The summed E-state index contributed by atoms with van der Waals surface area (Å²) in [5.41, 5.74) is 1.79. The Morgan fingerprint density at radius 2 is 2.26 bits per heavy atom. The predicted molar refractivity (Wildman–Crippen MR) is 103 cm³/mol. The molecule has 1 aliphatic rings. The molecule has 1 aromatic carbocycles. The van der Waals surface area contributed by atoms with E-state index in [0.29, 0.717) is 23.4 Å². The van der Waals surface area contributed by atoms with Gasteiger partial charge >= 0.3 is 6.03 Å². The molecule has 3 aromatic rings. The smallest absolute Gasteiger partial charge is 0.322 e. The van der Waals surface area contributed by atoms with Crippen molar-refractivity contribution < 1.29 is 13.9 Å². The number of nitrogens with zero attached hydrogens (tertiary/aromatic N) is 1. The number of hydrogen-bond donors (Lipinski definition) is 2. The fraction of sp³-hybridized carbons (Fsp3) is 0.222. The number of aromatic amines is 1. The van der Waals surface area contributed by atoms with Gasteiger partial charge < -0.3 is 19.9 Å². The molecule has 0 aliphatic carbocycles. The topological polar surface area (TPSA) is 74.4 Å². The average molecular weight is 408 g/mol. The number of halogens is 2. The zero-order valence-corrected chi connectivity index (χ0v) is 15.8. The van der Waals surface area contributed by atoms with Crippen molar-refractivity contribution in [1.82, 2.24) is 9.88 Å². The lowest BCUT2D eigenvalue weighted by atomic mass is 10.0. The third-order valence-electron chi connectivity index (χ3n) is 4.56. The van der Waals surface area contributed by atoms with Crippen LogP contribution in [0.15, 0.2) is 34.4 Å². The van der Waals surface area contributed by atoms with Crippen molar-refractivity contribution in [3.63, 3.8) is 0 Å². The number of fused-ring (bicyclic) bond motifs is 3. The summed E-state index contributed by atoms with van der Waals surface area (Å²) in [6, 6.07) is 4.98. The van der Waals surface area contributed by atoms with Crippen molar-refractivity contribution in [3.8, 4) is 0 Å². The lowest BCUT2D eigenvalue weighted by molar-refractivity contribution is 0.0528. The number of rotatable bonds is 2. The van der Waals surface area contributed by atoms with Crippen molar-refractivity contribution >= 4 is 44.7 Å². The van der Waals surface area contributed by atoms with Crippen LogP contribution in [0.4, 0.5) is 14.9 Å². The standard InChI is InChI=1S/C18H15ClFN3O3S/c1-23(18(25)21-9-2-3-12(20)11(19)6-9)14-8-26-7-13-15(14)16-10(4-5-27-16)17(24)22-13/h2-6,14H,7-8H2,1H3,(H,21,25)(H,22,24)/t14-/m1/s1. The van der Waals surface area contributed by atoms with Gasteiger partial charge in [0.05, 0.1) is 35.4 Å². The Morgan fingerprint density at radius 1 is 1.44 bits per heavy atom. The van der Waals surface area contributed by atoms with Crippen LogP contribution in [-0.4, -0.2) is 29.6 Å². The molecule has 4 rings (SSSR count). The highest BCUT2D eigenvalue weighted by atomic mass is 35.5. The summed E-state index contributed by atoms with van der Waals surface area (Å²) in [6.45, 7) is 0.595. The summed E-state index contributed by atoms with van der Waals surface area (Å²) in [6.07, 6.45) is 0. The normalized spacial score (nSPS) is 16.2. The maximum absolute atomic E-state index is 13.3. The summed E-state index contributed by atoms with van der Waals surface area (Å²) in [4.78, 5) is 29.3. The highest BCUT2D eigenvalue weighted by Gasteiger charge is 2.31. The van der Waals surface area contributed by atoms with Gasteiger partial charge in [-0.05, 0) is 29.6 Å². The van der Waals surface area contributed by atoms with Crippen LogP contribution in [0.1, 0.15) is 17.3 Å². The molecule has 0 spiro atoms. The minimum atomic E-state index is -0.554. The maximum Gasteiger partial charge on any atom is 0.322 e. The number of amides is 2. The first-order valence-electron chi connectivity index (χ1n) is 8.14. The van der Waals surface area contributed by atoms with Crippen LogP contribution in [0.5, 0.6) is 0 Å². The van der Waals surface area contributed by atoms with Crippen LogP contribution in [0.3, 0.4) is 0 Å². The molecule has 3 heterocycles. The zero-order chi connectivity index (χ0) is 19.1. The molecule has 6 nitrogen and oxygen atoms in total. The molecule has 9 heteroatoms. The average Bonchev–Trinajstić information content (AvgIpc) is 3.14. The van der Waals surface area contributed by atoms with E-state index in [2.05, 4.69) is 10.3 Å². The molecular formula is C18H15ClFN3O3S. The molecule has 27 heavy (non-hydrogen) atoms. The molecule has 0 fully saturated rings. The second-order valence-electron chi connectivity index (χ2n) is 6.21. The lowest BCUT2D eigenvalue weighted by Crippen LogP contribution is -2.39. The molecule has 140 valence electrons. The second-order valence-corrected chi connectivity index (χ2v) is 7.53. The van der Waals surface area contributed by atoms with Crippen molar-refractivity contribution in [1.29, 1.82) is 0 Å². The van der Waals surface area contributed by atoms with Gasteiger partial charge in [0, 0.05) is 23.0 Å². The van der Waals surface area contributed by atoms with E-state index in [1.54, 1.807) is 13.1 Å². The first-order chi connectivity index (χ1) is 13.0. The molecule has 0 bridgehead atoms. The third-order valence-corrected chi connectivity index (χ3v) is 5.80. The molecule has 0 unspecified atom stereocenters. The minimum absolute atomic E-state index is 0.0698. The number of nitrogens with one attached hydrogen (secondary N) is 2. The summed E-state index contributed by atoms with van der Waals surface area (Å²) < 4.78 is 19.7. The first-order valence-corrected chi connectivity index (χ1v) is 9.40. The Kier molecular flexibility index (Phi) is 4.63. The van der Waals surface area contributed by atoms with Crippen molar-refractivity contribution in [2.75, 3.05) is 19.0 Å². The highest BCUT2D eigenvalue weighted by molar-refractivity contribution is 7.17. The van der Waals surface area contributed by atoms with E-state index >= 15 is 0 Å². The van der Waals surface area contributed by atoms with E-state index in [1.165, 1.54) is 34.4 Å². The van der Waals surface area contributed by atoms with E-state index < -0.39 is 11.8 Å². The number of urea groups is 1. The van der Waals surface area contributed by atoms with Crippen LogP contribution in [0.25, 0.3) is 10.1 Å². The van der Waals surface area contributed by atoms with E-state index in [-0.39, 0.29) is 23.2 Å². The summed E-state index contributed by atoms with van der Waals surface area (Å²) >= 11 is 7.23. The molecular weight excluding hydrogens is 393 g/mol. The summed E-state index contributed by atoms with van der Waals surface area (Å²) in [7, 11) is 1.65. The molecule has 0 radical (unpaired) electrons. The Labute approximate surface area is 162 Å². The van der Waals surface area contributed by atoms with Crippen LogP contribution in [0, 0.1) is 5.82 Å². The number of thiophene rings is 1. The van der Waals surface area contributed by atoms with Gasteiger partial charge in [0.2, 0.25) is 0 Å². The Balaban J connectivity index is 1.66. The van der Waals surface area contributed by atoms with Crippen LogP contribution >= 0.6 is 22.9 Å². The fourth-order valence-electron chi connectivity index (χ4n) is 3.16. The second kappa shape index (κ2) is 6.95. The van der Waals surface area contributed by atoms with Gasteiger partial charge in [0.25, 0.3) is 5.56 Å². The van der Waals surface area contributed by atoms with Crippen LogP contribution < -0.4 is 10.9 Å². The van der Waals surface area contributed by atoms with E-state index in [1.807, 2.05) is 5.38 Å². The number of aromatic nitrogens is 1. The van der Waals surface area contributed by atoms with E-state index in [0.717, 1.165) is 10.3 Å². The number of ether oxygens (including phenoxy) is 1. The number of hydrogen-bond acceptors (Lipinski definition) is 4. The van der Waals surface area contributed by atoms with E-state index in [4.69, 9.17) is 16.3 Å². The van der Waals surface area contributed by atoms with Gasteiger partial charge in [0.1, 0.15) is 5.82 Å². The lowest BCUT2D eigenvalue weighted by Gasteiger charge is -2.33. The summed E-state index contributed by atoms with van der Waals surface area (Å²) in [5, 5.41) is 5.09. The number of anilines is 1.